The van der Waals surface area contributed by atoms with Crippen molar-refractivity contribution in [2.75, 3.05) is 6.61 Å². The maximum Gasteiger partial charge on any atom is 0.203 e. The zero-order valence-corrected chi connectivity index (χ0v) is 8.57. The molecule has 0 aliphatic carbocycles. The van der Waals surface area contributed by atoms with Crippen LogP contribution in [0.2, 0.25) is 0 Å². The molecule has 2 nitrogen and oxygen atoms in total. The fraction of sp³-hybridized carbons (Fsp3) is 0.400. The lowest BCUT2D eigenvalue weighted by atomic mass is 10.2. The van der Waals surface area contributed by atoms with Gasteiger partial charge in [-0.25, -0.2) is 8.78 Å². The van der Waals surface area contributed by atoms with Crippen molar-refractivity contribution in [3.05, 3.63) is 29.3 Å². The molecular weight excluding hydrogens is 226 g/mol. The van der Waals surface area contributed by atoms with Gasteiger partial charge in [-0.3, -0.25) is 0 Å². The second-order valence-electron chi connectivity index (χ2n) is 3.28. The maximum absolute atomic E-state index is 13.0. The van der Waals surface area contributed by atoms with Gasteiger partial charge in [0, 0.05) is 12.1 Å². The summed E-state index contributed by atoms with van der Waals surface area (Å²) in [5, 5.41) is 0. The summed E-state index contributed by atoms with van der Waals surface area (Å²) in [6.07, 6.45) is 0.515. The topological polar surface area (TPSA) is 35.2 Å². The molecule has 1 atom stereocenters. The summed E-state index contributed by atoms with van der Waals surface area (Å²) in [7, 11) is 0. The smallest absolute Gasteiger partial charge is 0.203 e. The van der Waals surface area contributed by atoms with Crippen molar-refractivity contribution in [3.8, 4) is 5.75 Å². The minimum absolute atomic E-state index is 0.122. The molecule has 16 heavy (non-hydrogen) atoms. The van der Waals surface area contributed by atoms with Gasteiger partial charge in [0.25, 0.3) is 0 Å². The van der Waals surface area contributed by atoms with Crippen molar-refractivity contribution < 1.29 is 22.3 Å². The Kier molecular flexibility index (Phi) is 4.12. The van der Waals surface area contributed by atoms with E-state index in [1.165, 1.54) is 0 Å². The number of nitrogens with two attached hydrogens (primary N) is 1. The van der Waals surface area contributed by atoms with Crippen LogP contribution in [-0.2, 0) is 0 Å². The number of benzene rings is 1. The van der Waals surface area contributed by atoms with Crippen LogP contribution in [0.5, 0.6) is 5.75 Å². The Balaban J connectivity index is 2.94. The van der Waals surface area contributed by atoms with Gasteiger partial charge in [0.1, 0.15) is 6.61 Å². The molecule has 1 rings (SSSR count). The predicted octanol–water partition coefficient (Wildman–Crippen LogP) is 2.36. The summed E-state index contributed by atoms with van der Waals surface area (Å²) in [5.74, 6) is -7.18. The highest BCUT2D eigenvalue weighted by molar-refractivity contribution is 5.28. The van der Waals surface area contributed by atoms with Gasteiger partial charge in [-0.05, 0) is 6.42 Å². The second kappa shape index (κ2) is 5.16. The highest BCUT2D eigenvalue weighted by Crippen LogP contribution is 2.26. The van der Waals surface area contributed by atoms with Crippen LogP contribution in [0.25, 0.3) is 0 Å². The SMILES string of the molecule is CCC(N)COc1c(F)c(F)cc(F)c1F. The molecule has 6 heteroatoms. The Hall–Kier alpha value is -1.30. The van der Waals surface area contributed by atoms with Gasteiger partial charge in [0.15, 0.2) is 17.4 Å². The Morgan fingerprint density at radius 1 is 1.19 bits per heavy atom. The van der Waals surface area contributed by atoms with E-state index in [0.717, 1.165) is 0 Å². The summed E-state index contributed by atoms with van der Waals surface area (Å²) in [6, 6.07) is -0.331. The van der Waals surface area contributed by atoms with E-state index in [0.29, 0.717) is 6.42 Å². The average Bonchev–Trinajstić information content (AvgIpc) is 2.26. The van der Waals surface area contributed by atoms with Crippen LogP contribution < -0.4 is 10.5 Å². The van der Waals surface area contributed by atoms with Gasteiger partial charge in [-0.15, -0.1) is 0 Å². The molecule has 0 saturated heterocycles. The third-order valence-corrected chi connectivity index (χ3v) is 2.04. The van der Waals surface area contributed by atoms with Crippen molar-refractivity contribution in [2.24, 2.45) is 5.73 Å². The zero-order valence-electron chi connectivity index (χ0n) is 8.57. The van der Waals surface area contributed by atoms with E-state index in [2.05, 4.69) is 4.74 Å². The molecule has 0 saturated carbocycles. The van der Waals surface area contributed by atoms with Gasteiger partial charge in [0.2, 0.25) is 11.6 Å². The molecule has 1 aromatic carbocycles. The van der Waals surface area contributed by atoms with Gasteiger partial charge < -0.3 is 10.5 Å². The van der Waals surface area contributed by atoms with Crippen LogP contribution in [0, 0.1) is 23.3 Å². The molecule has 0 spiro atoms. The molecular formula is C10H11F4NO. The van der Waals surface area contributed by atoms with E-state index >= 15 is 0 Å². The van der Waals surface area contributed by atoms with Crippen LogP contribution in [0.15, 0.2) is 6.07 Å². The first-order valence-electron chi connectivity index (χ1n) is 4.68. The van der Waals surface area contributed by atoms with E-state index in [9.17, 15) is 17.6 Å². The summed E-state index contributed by atoms with van der Waals surface area (Å²) < 4.78 is 56.2. The summed E-state index contributed by atoms with van der Waals surface area (Å²) in [5.41, 5.74) is 5.44. The van der Waals surface area contributed by atoms with Gasteiger partial charge in [-0.2, -0.15) is 8.78 Å². The van der Waals surface area contributed by atoms with E-state index in [4.69, 9.17) is 5.73 Å². The fourth-order valence-corrected chi connectivity index (χ4v) is 0.986. The molecule has 0 amide bonds. The molecule has 0 fully saturated rings. The van der Waals surface area contributed by atoms with Gasteiger partial charge >= 0.3 is 0 Å². The van der Waals surface area contributed by atoms with Crippen molar-refractivity contribution in [2.45, 2.75) is 19.4 Å². The lowest BCUT2D eigenvalue weighted by molar-refractivity contribution is 0.249. The van der Waals surface area contributed by atoms with Crippen LogP contribution in [0.4, 0.5) is 17.6 Å². The summed E-state index contributed by atoms with van der Waals surface area (Å²) in [6.45, 7) is 1.53. The van der Waals surface area contributed by atoms with Crippen LogP contribution >= 0.6 is 0 Å². The van der Waals surface area contributed by atoms with E-state index in [1.54, 1.807) is 6.92 Å². The first-order chi connectivity index (χ1) is 7.47. The lowest BCUT2D eigenvalue weighted by Gasteiger charge is -2.12. The van der Waals surface area contributed by atoms with Gasteiger partial charge in [0.05, 0.1) is 0 Å². The summed E-state index contributed by atoms with van der Waals surface area (Å²) in [4.78, 5) is 0. The molecule has 0 heterocycles. The van der Waals surface area contributed by atoms with Crippen LogP contribution in [-0.4, -0.2) is 12.6 Å². The third kappa shape index (κ3) is 2.63. The molecule has 1 unspecified atom stereocenters. The number of ether oxygens (including phenoxy) is 1. The van der Waals surface area contributed by atoms with Crippen molar-refractivity contribution in [1.29, 1.82) is 0 Å². The van der Waals surface area contributed by atoms with Gasteiger partial charge in [-0.1, -0.05) is 6.92 Å². The molecule has 0 aliphatic heterocycles. The first kappa shape index (κ1) is 12.8. The Morgan fingerprint density at radius 2 is 1.69 bits per heavy atom. The third-order valence-electron chi connectivity index (χ3n) is 2.04. The molecule has 2 N–H and O–H groups in total. The predicted molar refractivity (Wildman–Crippen MR) is 50.0 cm³/mol. The maximum atomic E-state index is 13.0. The number of hydrogen-bond donors (Lipinski definition) is 1. The molecule has 0 bridgehead atoms. The van der Waals surface area contributed by atoms with E-state index in [1.807, 2.05) is 0 Å². The highest BCUT2D eigenvalue weighted by Gasteiger charge is 2.20. The van der Waals surface area contributed by atoms with Crippen LogP contribution in [0.3, 0.4) is 0 Å². The first-order valence-corrected chi connectivity index (χ1v) is 4.68. The Morgan fingerprint density at radius 3 is 2.12 bits per heavy atom. The van der Waals surface area contributed by atoms with E-state index < -0.39 is 35.1 Å². The molecule has 1 aromatic rings. The number of halogens is 4. The number of hydrogen-bond acceptors (Lipinski definition) is 2. The van der Waals surface area contributed by atoms with Crippen LogP contribution in [0.1, 0.15) is 13.3 Å². The highest BCUT2D eigenvalue weighted by atomic mass is 19.2. The van der Waals surface area contributed by atoms with Crippen molar-refractivity contribution in [3.63, 3.8) is 0 Å². The normalized spacial score (nSPS) is 12.6. The minimum Gasteiger partial charge on any atom is -0.486 e. The number of rotatable bonds is 4. The van der Waals surface area contributed by atoms with Crippen molar-refractivity contribution >= 4 is 0 Å². The fourth-order valence-electron chi connectivity index (χ4n) is 0.986. The molecule has 0 aliphatic rings. The Bertz CT molecular complexity index is 357. The monoisotopic (exact) mass is 237 g/mol. The van der Waals surface area contributed by atoms with E-state index in [-0.39, 0.29) is 12.7 Å². The lowest BCUT2D eigenvalue weighted by Crippen LogP contribution is -2.27. The molecule has 90 valence electrons. The average molecular weight is 237 g/mol. The molecule has 0 radical (unpaired) electrons. The Labute approximate surface area is 90.0 Å². The van der Waals surface area contributed by atoms with Crippen molar-refractivity contribution in [1.82, 2.24) is 0 Å². The standard InChI is InChI=1S/C10H11F4NO/c1-2-5(15)4-16-10-8(13)6(11)3-7(12)9(10)14/h3,5H,2,4,15H2,1H3. The zero-order chi connectivity index (χ0) is 12.3. The minimum atomic E-state index is -1.55. The quantitative estimate of drug-likeness (QED) is 0.644. The molecule has 0 aromatic heterocycles. The largest absolute Gasteiger partial charge is 0.486 e. The summed E-state index contributed by atoms with van der Waals surface area (Å²) >= 11 is 0. The second-order valence-corrected chi connectivity index (χ2v) is 3.28.